The molecule has 1 aromatic rings. The molecule has 0 aliphatic heterocycles. The van der Waals surface area contributed by atoms with Gasteiger partial charge in [0.15, 0.2) is 8.32 Å². The van der Waals surface area contributed by atoms with Gasteiger partial charge in [-0.05, 0) is 71.7 Å². The first-order chi connectivity index (χ1) is 19.6. The van der Waals surface area contributed by atoms with E-state index in [1.807, 2.05) is 30.3 Å². The number of aliphatic hydroxyl groups is 1. The minimum absolute atomic E-state index is 0.0425. The molecule has 0 saturated heterocycles. The van der Waals surface area contributed by atoms with Gasteiger partial charge in [-0.15, -0.1) is 0 Å². The van der Waals surface area contributed by atoms with Gasteiger partial charge in [-0.2, -0.15) is 0 Å². The predicted octanol–water partition coefficient (Wildman–Crippen LogP) is 5.82. The third-order valence-electron chi connectivity index (χ3n) is 6.70. The summed E-state index contributed by atoms with van der Waals surface area (Å²) in [5.74, 6) is 0. The highest BCUT2D eigenvalue weighted by Gasteiger charge is 2.38. The van der Waals surface area contributed by atoms with Gasteiger partial charge < -0.3 is 39.3 Å². The maximum atomic E-state index is 13.1. The molecule has 1 rings (SSSR count). The Morgan fingerprint density at radius 2 is 1.49 bits per heavy atom. The van der Waals surface area contributed by atoms with Gasteiger partial charge in [0.25, 0.3) is 0 Å². The van der Waals surface area contributed by atoms with E-state index in [1.165, 1.54) is 4.90 Å². The lowest BCUT2D eigenvalue weighted by Crippen LogP contribution is -2.49. The third-order valence-corrected chi connectivity index (χ3v) is 11.2. The molecule has 0 unspecified atom stereocenters. The molecule has 0 aromatic heterocycles. The highest BCUT2D eigenvalue weighted by molar-refractivity contribution is 6.74. The molecule has 0 radical (unpaired) electrons. The van der Waals surface area contributed by atoms with Crippen molar-refractivity contribution in [1.82, 2.24) is 15.5 Å². The number of hydrogen-bond donors (Lipinski definition) is 3. The fraction of sp³-hybridized carbons (Fsp3) is 0.710. The number of alkyl carbamates (subject to hydrolysis) is 2. The second kappa shape index (κ2) is 16.3. The Balaban J connectivity index is 2.99. The van der Waals surface area contributed by atoms with Gasteiger partial charge in [-0.25, -0.2) is 14.4 Å². The third kappa shape index (κ3) is 16.6. The fourth-order valence-corrected chi connectivity index (χ4v) is 4.43. The van der Waals surface area contributed by atoms with E-state index in [0.717, 1.165) is 5.56 Å². The molecule has 11 nitrogen and oxygen atoms in total. The molecule has 0 bridgehead atoms. The van der Waals surface area contributed by atoms with E-state index in [1.54, 1.807) is 41.5 Å². The van der Waals surface area contributed by atoms with Gasteiger partial charge in [0.2, 0.25) is 0 Å². The van der Waals surface area contributed by atoms with Gasteiger partial charge in [0, 0.05) is 13.1 Å². The van der Waals surface area contributed by atoms with E-state index in [0.29, 0.717) is 6.42 Å². The molecule has 1 aromatic carbocycles. The van der Waals surface area contributed by atoms with Crippen molar-refractivity contribution in [2.45, 2.75) is 117 Å². The lowest BCUT2D eigenvalue weighted by atomic mass is 10.2. The summed E-state index contributed by atoms with van der Waals surface area (Å²) in [4.78, 5) is 39.3. The average molecular weight is 626 g/mol. The monoisotopic (exact) mass is 625 g/mol. The lowest BCUT2D eigenvalue weighted by Gasteiger charge is -2.37. The topological polar surface area (TPSA) is 136 Å². The van der Waals surface area contributed by atoms with Crippen LogP contribution in [0.1, 0.15) is 74.3 Å². The van der Waals surface area contributed by atoms with E-state index < -0.39 is 49.9 Å². The predicted molar refractivity (Wildman–Crippen MR) is 169 cm³/mol. The lowest BCUT2D eigenvalue weighted by molar-refractivity contribution is 0.0129. The molecular formula is C31H55N3O8Si. The smallest absolute Gasteiger partial charge is 0.410 e. The minimum atomic E-state index is -2.15. The molecule has 246 valence electrons. The number of nitrogens with one attached hydrogen (secondary N) is 2. The van der Waals surface area contributed by atoms with Crippen LogP contribution in [0, 0.1) is 0 Å². The molecule has 12 heteroatoms. The molecule has 3 amide bonds. The van der Waals surface area contributed by atoms with E-state index in [2.05, 4.69) is 44.5 Å². The van der Waals surface area contributed by atoms with Crippen LogP contribution in [0.15, 0.2) is 30.3 Å². The molecule has 3 N–H and O–H groups in total. The van der Waals surface area contributed by atoms with Crippen LogP contribution in [-0.4, -0.2) is 86.2 Å². The average Bonchev–Trinajstić information content (AvgIpc) is 2.84. The number of rotatable bonds is 13. The Morgan fingerprint density at radius 3 is 2.02 bits per heavy atom. The summed E-state index contributed by atoms with van der Waals surface area (Å²) in [6.45, 7) is 21.4. The van der Waals surface area contributed by atoms with Crippen molar-refractivity contribution in [2.75, 3.05) is 26.2 Å². The summed E-state index contributed by atoms with van der Waals surface area (Å²) in [6, 6.07) is 8.88. The van der Waals surface area contributed by atoms with Crippen LogP contribution in [0.25, 0.3) is 0 Å². The summed E-state index contributed by atoms with van der Waals surface area (Å²) >= 11 is 0. The van der Waals surface area contributed by atoms with E-state index in [-0.39, 0.29) is 37.9 Å². The second-order valence-electron chi connectivity index (χ2n) is 14.2. The molecule has 0 fully saturated rings. The van der Waals surface area contributed by atoms with Crippen LogP contribution in [0.3, 0.4) is 0 Å². The first kappa shape index (κ1) is 38.2. The van der Waals surface area contributed by atoms with E-state index >= 15 is 0 Å². The number of hydrogen-bond acceptors (Lipinski definition) is 8. The Bertz CT molecular complexity index is 1020. The fourth-order valence-electron chi connectivity index (χ4n) is 3.38. The summed E-state index contributed by atoms with van der Waals surface area (Å²) in [5, 5.41) is 16.0. The Hall–Kier alpha value is -2.83. The molecular weight excluding hydrogens is 570 g/mol. The van der Waals surface area contributed by atoms with Crippen LogP contribution >= 0.6 is 0 Å². The number of carbonyl (C=O) groups excluding carboxylic acids is 3. The van der Waals surface area contributed by atoms with Crippen LogP contribution < -0.4 is 10.6 Å². The first-order valence-corrected chi connectivity index (χ1v) is 17.7. The van der Waals surface area contributed by atoms with Gasteiger partial charge >= 0.3 is 18.3 Å². The Morgan fingerprint density at radius 1 is 0.907 bits per heavy atom. The van der Waals surface area contributed by atoms with Crippen molar-refractivity contribution in [2.24, 2.45) is 0 Å². The van der Waals surface area contributed by atoms with E-state index in [9.17, 15) is 19.5 Å². The number of aliphatic hydroxyl groups excluding tert-OH is 1. The number of ether oxygens (including phenoxy) is 3. The molecule has 0 saturated carbocycles. The van der Waals surface area contributed by atoms with Crippen molar-refractivity contribution >= 4 is 26.6 Å². The van der Waals surface area contributed by atoms with Crippen molar-refractivity contribution in [3.63, 3.8) is 0 Å². The van der Waals surface area contributed by atoms with Crippen molar-refractivity contribution in [3.05, 3.63) is 35.9 Å². The summed E-state index contributed by atoms with van der Waals surface area (Å²) in [5.41, 5.74) is -0.593. The number of nitrogens with zero attached hydrogens (tertiary/aromatic N) is 1. The molecule has 2 atom stereocenters. The van der Waals surface area contributed by atoms with Gasteiger partial charge in [-0.3, -0.25) is 0 Å². The standard InChI is InChI=1S/C31H55N3O8Si/c1-29(2,3)41-26(36)32-19-25(35)20-34(28(38)42-30(4,5)6)18-17-24(22-40-43(10,11)31(7,8)9)33-27(37)39-21-23-15-13-12-14-16-23/h12-16,24-25,35H,17-22H2,1-11H3,(H,32,36)(H,33,37)/t24-,25-/m0/s1. The Labute approximate surface area is 259 Å². The minimum Gasteiger partial charge on any atom is -0.445 e. The zero-order chi connectivity index (χ0) is 33.1. The second-order valence-corrected chi connectivity index (χ2v) is 19.0. The highest BCUT2D eigenvalue weighted by atomic mass is 28.4. The summed E-state index contributed by atoms with van der Waals surface area (Å²) in [7, 11) is -2.15. The zero-order valence-corrected chi connectivity index (χ0v) is 29.0. The van der Waals surface area contributed by atoms with Crippen LogP contribution in [0.5, 0.6) is 0 Å². The molecule has 0 aliphatic rings. The maximum absolute atomic E-state index is 13.1. The van der Waals surface area contributed by atoms with Crippen molar-refractivity contribution in [3.8, 4) is 0 Å². The highest BCUT2D eigenvalue weighted by Crippen LogP contribution is 2.36. The number of benzene rings is 1. The molecule has 43 heavy (non-hydrogen) atoms. The summed E-state index contributed by atoms with van der Waals surface area (Å²) in [6.07, 6.45) is -2.68. The molecule has 0 heterocycles. The van der Waals surface area contributed by atoms with E-state index in [4.69, 9.17) is 18.6 Å². The van der Waals surface area contributed by atoms with Crippen LogP contribution in [-0.2, 0) is 25.2 Å². The maximum Gasteiger partial charge on any atom is 0.410 e. The van der Waals surface area contributed by atoms with Crippen molar-refractivity contribution < 1.29 is 38.1 Å². The zero-order valence-electron chi connectivity index (χ0n) is 28.0. The molecule has 0 aliphatic carbocycles. The van der Waals surface area contributed by atoms with Crippen LogP contribution in [0.2, 0.25) is 18.1 Å². The molecule has 0 spiro atoms. The Kier molecular flexibility index (Phi) is 14.5. The SMILES string of the molecule is CC(C)(C)OC(=O)NC[C@H](O)CN(CC[C@@H](CO[Si](C)(C)C(C)(C)C)NC(=O)OCc1ccccc1)C(=O)OC(C)(C)C. The first-order valence-electron chi connectivity index (χ1n) is 14.8. The number of amides is 3. The quantitative estimate of drug-likeness (QED) is 0.184. The van der Waals surface area contributed by atoms with Crippen molar-refractivity contribution in [1.29, 1.82) is 0 Å². The number of carbonyl (C=O) groups is 3. The summed E-state index contributed by atoms with van der Waals surface area (Å²) < 4.78 is 22.6. The normalized spacial score (nSPS) is 13.9. The largest absolute Gasteiger partial charge is 0.445 e. The van der Waals surface area contributed by atoms with Crippen LogP contribution in [0.4, 0.5) is 14.4 Å². The van der Waals surface area contributed by atoms with Gasteiger partial charge in [0.1, 0.15) is 17.8 Å². The van der Waals surface area contributed by atoms with Gasteiger partial charge in [0.05, 0.1) is 25.3 Å². The van der Waals surface area contributed by atoms with Gasteiger partial charge in [-0.1, -0.05) is 51.1 Å².